The molecule has 112 valence electrons. The van der Waals surface area contributed by atoms with Gasteiger partial charge in [-0.2, -0.15) is 0 Å². The molecule has 2 rings (SSSR count). The van der Waals surface area contributed by atoms with Crippen molar-refractivity contribution in [2.24, 2.45) is 0 Å². The molecule has 6 heteroatoms. The highest BCUT2D eigenvalue weighted by Crippen LogP contribution is 2.23. The minimum Gasteiger partial charge on any atom is -0.497 e. The van der Waals surface area contributed by atoms with Crippen LogP contribution in [-0.2, 0) is 10.8 Å². The Morgan fingerprint density at radius 3 is 2.43 bits per heavy atom. The van der Waals surface area contributed by atoms with Crippen LogP contribution < -0.4 is 15.2 Å². The lowest BCUT2D eigenvalue weighted by molar-refractivity contribution is 0.341. The zero-order valence-corrected chi connectivity index (χ0v) is 13.1. The van der Waals surface area contributed by atoms with Crippen molar-refractivity contribution in [3.63, 3.8) is 0 Å². The van der Waals surface area contributed by atoms with Crippen LogP contribution in [0.15, 0.2) is 47.4 Å². The van der Waals surface area contributed by atoms with Crippen molar-refractivity contribution in [1.29, 1.82) is 0 Å². The second-order valence-corrected chi connectivity index (χ2v) is 6.21. The van der Waals surface area contributed by atoms with Crippen molar-refractivity contribution in [2.75, 3.05) is 25.2 Å². The van der Waals surface area contributed by atoms with E-state index in [9.17, 15) is 4.21 Å². The third-order valence-corrected chi connectivity index (χ3v) is 4.61. The highest BCUT2D eigenvalue weighted by molar-refractivity contribution is 7.85. The number of ether oxygens (including phenoxy) is 2. The van der Waals surface area contributed by atoms with Gasteiger partial charge in [0.25, 0.3) is 0 Å². The van der Waals surface area contributed by atoms with E-state index in [2.05, 4.69) is 0 Å². The highest BCUT2D eigenvalue weighted by Gasteiger charge is 2.09. The number of anilines is 1. The molecule has 0 heterocycles. The Morgan fingerprint density at radius 2 is 1.81 bits per heavy atom. The largest absolute Gasteiger partial charge is 0.497 e. The van der Waals surface area contributed by atoms with Gasteiger partial charge in [-0.15, -0.1) is 0 Å². The maximum Gasteiger partial charge on any atom is 0.119 e. The lowest BCUT2D eigenvalue weighted by atomic mass is 10.3. The Morgan fingerprint density at radius 1 is 1.14 bits per heavy atom. The number of benzene rings is 2. The fraction of sp³-hybridized carbons (Fsp3) is 0.200. The van der Waals surface area contributed by atoms with Gasteiger partial charge >= 0.3 is 0 Å². The van der Waals surface area contributed by atoms with Gasteiger partial charge < -0.3 is 15.2 Å². The summed E-state index contributed by atoms with van der Waals surface area (Å²) in [5, 5.41) is 0.415. The van der Waals surface area contributed by atoms with E-state index in [0.29, 0.717) is 33.7 Å². The first-order valence-electron chi connectivity index (χ1n) is 6.30. The van der Waals surface area contributed by atoms with Gasteiger partial charge in [0.1, 0.15) is 18.1 Å². The number of nitrogen functional groups attached to an aromatic ring is 1. The molecule has 1 unspecified atom stereocenters. The third kappa shape index (κ3) is 4.37. The number of hydrogen-bond acceptors (Lipinski definition) is 4. The summed E-state index contributed by atoms with van der Waals surface area (Å²) < 4.78 is 22.8. The van der Waals surface area contributed by atoms with Crippen LogP contribution >= 0.6 is 11.6 Å². The zero-order chi connectivity index (χ0) is 15.2. The number of nitrogens with two attached hydrogens (primary N) is 1. The Bertz CT molecular complexity index is 631. The van der Waals surface area contributed by atoms with Crippen molar-refractivity contribution in [3.05, 3.63) is 47.5 Å². The molecule has 0 saturated carbocycles. The van der Waals surface area contributed by atoms with E-state index < -0.39 is 10.8 Å². The van der Waals surface area contributed by atoms with E-state index in [1.165, 1.54) is 0 Å². The summed E-state index contributed by atoms with van der Waals surface area (Å²) in [6.45, 7) is 0.333. The van der Waals surface area contributed by atoms with Gasteiger partial charge in [-0.1, -0.05) is 11.6 Å². The van der Waals surface area contributed by atoms with Crippen molar-refractivity contribution in [2.45, 2.75) is 4.90 Å². The van der Waals surface area contributed by atoms with Crippen molar-refractivity contribution in [1.82, 2.24) is 0 Å². The Balaban J connectivity index is 1.88. The van der Waals surface area contributed by atoms with E-state index in [-0.39, 0.29) is 0 Å². The summed E-state index contributed by atoms with van der Waals surface area (Å²) in [5.41, 5.74) is 6.16. The molecule has 0 amide bonds. The van der Waals surface area contributed by atoms with E-state index in [0.717, 1.165) is 5.75 Å². The van der Waals surface area contributed by atoms with Crippen molar-refractivity contribution >= 4 is 28.1 Å². The molecule has 0 radical (unpaired) electrons. The van der Waals surface area contributed by atoms with Gasteiger partial charge in [0, 0.05) is 5.69 Å². The average Bonchev–Trinajstić information content (AvgIpc) is 2.47. The highest BCUT2D eigenvalue weighted by atomic mass is 35.5. The lowest BCUT2D eigenvalue weighted by Crippen LogP contribution is -2.09. The number of hydrogen-bond donors (Lipinski definition) is 1. The third-order valence-electron chi connectivity index (χ3n) is 2.80. The van der Waals surface area contributed by atoms with Crippen LogP contribution in [0.1, 0.15) is 0 Å². The molecule has 2 aromatic rings. The molecule has 4 nitrogen and oxygen atoms in total. The monoisotopic (exact) mass is 325 g/mol. The van der Waals surface area contributed by atoms with Crippen LogP contribution in [-0.4, -0.2) is 23.7 Å². The topological polar surface area (TPSA) is 61.5 Å². The van der Waals surface area contributed by atoms with Crippen molar-refractivity contribution in [3.8, 4) is 11.5 Å². The van der Waals surface area contributed by atoms with E-state index in [1.54, 1.807) is 37.4 Å². The standard InChI is InChI=1S/C15H16ClNO3S/c1-19-12-3-5-13(6-4-12)20-8-9-21(18)15-7-2-11(17)10-14(15)16/h2-7,10H,8-9,17H2,1H3. The molecule has 2 N–H and O–H groups in total. The number of halogens is 1. The van der Waals surface area contributed by atoms with Gasteiger partial charge in [-0.3, -0.25) is 4.21 Å². The average molecular weight is 326 g/mol. The van der Waals surface area contributed by atoms with E-state index in [1.807, 2.05) is 12.1 Å². The van der Waals surface area contributed by atoms with E-state index in [4.69, 9.17) is 26.8 Å². The quantitative estimate of drug-likeness (QED) is 0.829. The fourth-order valence-corrected chi connectivity index (χ4v) is 3.12. The van der Waals surface area contributed by atoms with Gasteiger partial charge in [0.05, 0.1) is 33.6 Å². The predicted molar refractivity (Wildman–Crippen MR) is 85.6 cm³/mol. The summed E-state index contributed by atoms with van der Waals surface area (Å²) in [5.74, 6) is 1.83. The minimum atomic E-state index is -1.22. The minimum absolute atomic E-state index is 0.333. The van der Waals surface area contributed by atoms with Crippen LogP contribution in [0.5, 0.6) is 11.5 Å². The summed E-state index contributed by atoms with van der Waals surface area (Å²) in [7, 11) is 0.386. The molecule has 0 spiro atoms. The second-order valence-electron chi connectivity index (χ2n) is 4.26. The summed E-state index contributed by atoms with van der Waals surface area (Å²) in [6.07, 6.45) is 0. The molecule has 0 aliphatic rings. The molecular weight excluding hydrogens is 310 g/mol. The van der Waals surface area contributed by atoms with Gasteiger partial charge in [-0.05, 0) is 42.5 Å². The smallest absolute Gasteiger partial charge is 0.119 e. The first-order valence-corrected chi connectivity index (χ1v) is 8.00. The van der Waals surface area contributed by atoms with Crippen LogP contribution in [0.25, 0.3) is 0 Å². The van der Waals surface area contributed by atoms with Crippen LogP contribution in [0.2, 0.25) is 5.02 Å². The van der Waals surface area contributed by atoms with Gasteiger partial charge in [0.2, 0.25) is 0 Å². The zero-order valence-electron chi connectivity index (χ0n) is 11.5. The molecule has 21 heavy (non-hydrogen) atoms. The first-order chi connectivity index (χ1) is 10.1. The molecule has 0 aliphatic heterocycles. The normalized spacial score (nSPS) is 11.9. The number of methoxy groups -OCH3 is 1. The maximum atomic E-state index is 12.2. The molecule has 0 aromatic heterocycles. The lowest BCUT2D eigenvalue weighted by Gasteiger charge is -2.08. The fourth-order valence-electron chi connectivity index (χ4n) is 1.72. The first kappa shape index (κ1) is 15.7. The molecule has 1 atom stereocenters. The Hall–Kier alpha value is -1.72. The molecule has 0 aliphatic carbocycles. The molecule has 2 aromatic carbocycles. The van der Waals surface area contributed by atoms with Crippen LogP contribution in [0, 0.1) is 0 Å². The molecular formula is C15H16ClNO3S. The summed E-state index contributed by atoms with van der Waals surface area (Å²) in [4.78, 5) is 0.573. The van der Waals surface area contributed by atoms with E-state index >= 15 is 0 Å². The van der Waals surface area contributed by atoms with Gasteiger partial charge in [0.15, 0.2) is 0 Å². The maximum absolute atomic E-state index is 12.2. The Labute approximate surface area is 131 Å². The van der Waals surface area contributed by atoms with Crippen molar-refractivity contribution < 1.29 is 13.7 Å². The Kier molecular flexibility index (Phi) is 5.47. The summed E-state index contributed by atoms with van der Waals surface area (Å²) >= 11 is 6.03. The van der Waals surface area contributed by atoms with Gasteiger partial charge in [-0.25, -0.2) is 0 Å². The predicted octanol–water partition coefficient (Wildman–Crippen LogP) is 3.12. The molecule has 0 saturated heterocycles. The molecule has 0 fully saturated rings. The number of rotatable bonds is 6. The van der Waals surface area contributed by atoms with Crippen LogP contribution in [0.3, 0.4) is 0 Å². The van der Waals surface area contributed by atoms with Crippen LogP contribution in [0.4, 0.5) is 5.69 Å². The molecule has 0 bridgehead atoms. The SMILES string of the molecule is COc1ccc(OCCS(=O)c2ccc(N)cc2Cl)cc1. The second kappa shape index (κ2) is 7.33. The summed E-state index contributed by atoms with van der Waals surface area (Å²) in [6, 6.07) is 12.2.